The summed E-state index contributed by atoms with van der Waals surface area (Å²) in [4.78, 5) is 16.9. The number of fused-ring (bicyclic) bond motifs is 1. The molecule has 0 saturated carbocycles. The Balaban J connectivity index is 2.00. The molecule has 0 atom stereocenters. The van der Waals surface area contributed by atoms with E-state index in [1.807, 2.05) is 20.8 Å². The Hall–Kier alpha value is -2.70. The molecule has 0 spiro atoms. The molecule has 3 aromatic rings. The molecule has 0 aliphatic rings. The zero-order chi connectivity index (χ0) is 17.5. The molecule has 0 aliphatic carbocycles. The van der Waals surface area contributed by atoms with Gasteiger partial charge >= 0.3 is 0 Å². The monoisotopic (exact) mass is 331 g/mol. The van der Waals surface area contributed by atoms with Crippen molar-refractivity contribution >= 4 is 10.8 Å². The van der Waals surface area contributed by atoms with Crippen molar-refractivity contribution in [3.05, 3.63) is 52.3 Å². The van der Waals surface area contributed by atoms with Crippen LogP contribution < -0.4 is 10.3 Å². The lowest BCUT2D eigenvalue weighted by Crippen LogP contribution is -2.21. The molecular formula is C17H18FN3O3. The summed E-state index contributed by atoms with van der Waals surface area (Å²) in [6.45, 7) is 6.04. The predicted octanol–water partition coefficient (Wildman–Crippen LogP) is 2.88. The van der Waals surface area contributed by atoms with Crippen LogP contribution >= 0.6 is 0 Å². The van der Waals surface area contributed by atoms with Crippen LogP contribution in [0.5, 0.6) is 5.75 Å². The molecule has 0 radical (unpaired) electrons. The first-order valence-electron chi connectivity index (χ1n) is 7.49. The van der Waals surface area contributed by atoms with Crippen LogP contribution in [-0.4, -0.2) is 21.8 Å². The van der Waals surface area contributed by atoms with E-state index in [1.165, 1.54) is 23.8 Å². The fourth-order valence-corrected chi connectivity index (χ4v) is 2.34. The van der Waals surface area contributed by atoms with E-state index in [0.29, 0.717) is 17.1 Å². The van der Waals surface area contributed by atoms with Crippen molar-refractivity contribution in [3.8, 4) is 5.75 Å². The van der Waals surface area contributed by atoms with Gasteiger partial charge in [0.1, 0.15) is 0 Å². The number of pyridine rings is 1. The third-order valence-corrected chi connectivity index (χ3v) is 3.67. The molecule has 0 N–H and O–H groups in total. The largest absolute Gasteiger partial charge is 0.494 e. The second kappa shape index (κ2) is 5.74. The number of aromatic nitrogens is 3. The van der Waals surface area contributed by atoms with E-state index in [-0.39, 0.29) is 28.7 Å². The summed E-state index contributed by atoms with van der Waals surface area (Å²) in [6.07, 6.45) is 1.62. The summed E-state index contributed by atoms with van der Waals surface area (Å²) in [6, 6.07) is 4.41. The number of hydrogen-bond donors (Lipinski definition) is 0. The van der Waals surface area contributed by atoms with Crippen molar-refractivity contribution in [2.75, 3.05) is 7.11 Å². The number of nitrogens with zero attached hydrogens (tertiary/aromatic N) is 3. The van der Waals surface area contributed by atoms with E-state index in [9.17, 15) is 9.18 Å². The number of ether oxygens (including phenoxy) is 1. The number of benzene rings is 1. The lowest BCUT2D eigenvalue weighted by molar-refractivity contribution is 0.318. The molecule has 0 unspecified atom stereocenters. The smallest absolute Gasteiger partial charge is 0.258 e. The van der Waals surface area contributed by atoms with Crippen molar-refractivity contribution in [2.45, 2.75) is 32.7 Å². The van der Waals surface area contributed by atoms with Gasteiger partial charge in [-0.2, -0.15) is 4.98 Å². The Labute approximate surface area is 137 Å². The highest BCUT2D eigenvalue weighted by molar-refractivity contribution is 5.83. The van der Waals surface area contributed by atoms with Crippen LogP contribution in [0.3, 0.4) is 0 Å². The van der Waals surface area contributed by atoms with Gasteiger partial charge in [-0.15, -0.1) is 0 Å². The van der Waals surface area contributed by atoms with Crippen molar-refractivity contribution in [3.63, 3.8) is 0 Å². The minimum absolute atomic E-state index is 0.104. The molecule has 0 aliphatic heterocycles. The molecule has 0 amide bonds. The van der Waals surface area contributed by atoms with Gasteiger partial charge in [0, 0.05) is 11.6 Å². The van der Waals surface area contributed by atoms with Gasteiger partial charge in [0.15, 0.2) is 17.4 Å². The lowest BCUT2D eigenvalue weighted by Gasteiger charge is -2.10. The maximum absolute atomic E-state index is 13.9. The summed E-state index contributed by atoms with van der Waals surface area (Å²) in [5.41, 5.74) is -0.588. The zero-order valence-corrected chi connectivity index (χ0v) is 14.0. The summed E-state index contributed by atoms with van der Waals surface area (Å²) in [5, 5.41) is 4.79. The van der Waals surface area contributed by atoms with Gasteiger partial charge in [-0.3, -0.25) is 4.79 Å². The van der Waals surface area contributed by atoms with Crippen LogP contribution in [0.2, 0.25) is 0 Å². The molecule has 126 valence electrons. The van der Waals surface area contributed by atoms with Crippen LogP contribution in [0.15, 0.2) is 33.7 Å². The zero-order valence-electron chi connectivity index (χ0n) is 14.0. The van der Waals surface area contributed by atoms with Gasteiger partial charge in [-0.05, 0) is 23.6 Å². The van der Waals surface area contributed by atoms with Crippen molar-refractivity contribution in [1.29, 1.82) is 0 Å². The van der Waals surface area contributed by atoms with E-state index in [0.717, 1.165) is 0 Å². The standard InChI is InChI=1S/C17H18FN3O3/c1-17(2,3)16-19-14(20-24-16)9-21-6-5-10-7-13(23-4)12(18)8-11(10)15(21)22/h5-8H,9H2,1-4H3. The third kappa shape index (κ3) is 2.89. The van der Waals surface area contributed by atoms with Crippen molar-refractivity contribution in [1.82, 2.24) is 14.7 Å². The summed E-state index contributed by atoms with van der Waals surface area (Å²) in [7, 11) is 1.38. The van der Waals surface area contributed by atoms with Crippen molar-refractivity contribution in [2.24, 2.45) is 0 Å². The molecule has 24 heavy (non-hydrogen) atoms. The Morgan fingerprint density at radius 3 is 2.71 bits per heavy atom. The number of rotatable bonds is 3. The highest BCUT2D eigenvalue weighted by Gasteiger charge is 2.22. The molecular weight excluding hydrogens is 313 g/mol. The topological polar surface area (TPSA) is 70.2 Å². The summed E-state index contributed by atoms with van der Waals surface area (Å²) in [5.74, 6) is 0.430. The van der Waals surface area contributed by atoms with Crippen LogP contribution in [-0.2, 0) is 12.0 Å². The van der Waals surface area contributed by atoms with Gasteiger partial charge in [0.25, 0.3) is 5.56 Å². The highest BCUT2D eigenvalue weighted by Crippen LogP contribution is 2.23. The highest BCUT2D eigenvalue weighted by atomic mass is 19.1. The molecule has 3 rings (SSSR count). The number of hydrogen-bond acceptors (Lipinski definition) is 5. The van der Waals surface area contributed by atoms with Gasteiger partial charge in [0.2, 0.25) is 5.89 Å². The van der Waals surface area contributed by atoms with Crippen molar-refractivity contribution < 1.29 is 13.7 Å². The van der Waals surface area contributed by atoms with Crippen LogP contribution in [0.4, 0.5) is 4.39 Å². The Morgan fingerprint density at radius 2 is 2.08 bits per heavy atom. The Morgan fingerprint density at radius 1 is 1.33 bits per heavy atom. The molecule has 0 saturated heterocycles. The average Bonchev–Trinajstić information content (AvgIpc) is 2.99. The molecule has 6 nitrogen and oxygen atoms in total. The van der Waals surface area contributed by atoms with Crippen LogP contribution in [0.1, 0.15) is 32.5 Å². The second-order valence-corrected chi connectivity index (χ2v) is 6.59. The van der Waals surface area contributed by atoms with E-state index >= 15 is 0 Å². The summed E-state index contributed by atoms with van der Waals surface area (Å²) < 4.78 is 25.5. The van der Waals surface area contributed by atoms with E-state index in [1.54, 1.807) is 12.3 Å². The average molecular weight is 331 g/mol. The first-order valence-corrected chi connectivity index (χ1v) is 7.49. The molecule has 1 aromatic carbocycles. The molecule has 0 bridgehead atoms. The van der Waals surface area contributed by atoms with Crippen LogP contribution in [0, 0.1) is 5.82 Å². The number of halogens is 1. The van der Waals surface area contributed by atoms with Gasteiger partial charge in [0.05, 0.1) is 19.0 Å². The molecule has 7 heteroatoms. The minimum atomic E-state index is -0.575. The third-order valence-electron chi connectivity index (χ3n) is 3.67. The van der Waals surface area contributed by atoms with Crippen LogP contribution in [0.25, 0.3) is 10.8 Å². The normalized spacial score (nSPS) is 11.9. The first-order chi connectivity index (χ1) is 11.3. The lowest BCUT2D eigenvalue weighted by atomic mass is 9.97. The number of methoxy groups -OCH3 is 1. The maximum Gasteiger partial charge on any atom is 0.258 e. The Kier molecular flexibility index (Phi) is 3.87. The second-order valence-electron chi connectivity index (χ2n) is 6.59. The Bertz CT molecular complexity index is 954. The quantitative estimate of drug-likeness (QED) is 0.738. The fraction of sp³-hybridized carbons (Fsp3) is 0.353. The summed E-state index contributed by atoms with van der Waals surface area (Å²) >= 11 is 0. The van der Waals surface area contributed by atoms with E-state index in [2.05, 4.69) is 10.1 Å². The fourth-order valence-electron chi connectivity index (χ4n) is 2.34. The molecule has 0 fully saturated rings. The SMILES string of the molecule is COc1cc2ccn(Cc3noc(C(C)(C)C)n3)c(=O)c2cc1F. The van der Waals surface area contributed by atoms with Gasteiger partial charge < -0.3 is 13.8 Å². The predicted molar refractivity (Wildman–Crippen MR) is 86.8 cm³/mol. The maximum atomic E-state index is 13.9. The molecule has 2 heterocycles. The minimum Gasteiger partial charge on any atom is -0.494 e. The van der Waals surface area contributed by atoms with Gasteiger partial charge in [-0.25, -0.2) is 4.39 Å². The molecule has 2 aromatic heterocycles. The van der Waals surface area contributed by atoms with E-state index < -0.39 is 5.82 Å². The van der Waals surface area contributed by atoms with Gasteiger partial charge in [-0.1, -0.05) is 25.9 Å². The van der Waals surface area contributed by atoms with E-state index in [4.69, 9.17) is 9.26 Å². The first kappa shape index (κ1) is 16.2.